The standard InChI is InChI=1S/C15H18N2O2/c1-5-12-14(15(18)19-4)11(3)17(16-12)13-9-7-6-8-10(13)2/h6-9H,5H2,1-4H3. The topological polar surface area (TPSA) is 44.1 Å². The van der Waals surface area contributed by atoms with Crippen molar-refractivity contribution >= 4 is 5.97 Å². The average molecular weight is 258 g/mol. The lowest BCUT2D eigenvalue weighted by molar-refractivity contribution is 0.0598. The molecule has 0 N–H and O–H groups in total. The molecule has 1 aromatic carbocycles. The number of carbonyl (C=O) groups excluding carboxylic acids is 1. The van der Waals surface area contributed by atoms with Gasteiger partial charge in [-0.05, 0) is 31.9 Å². The van der Waals surface area contributed by atoms with Crippen molar-refractivity contribution in [2.24, 2.45) is 0 Å². The Hall–Kier alpha value is -2.10. The summed E-state index contributed by atoms with van der Waals surface area (Å²) in [7, 11) is 1.40. The molecule has 4 nitrogen and oxygen atoms in total. The Morgan fingerprint density at radius 3 is 2.58 bits per heavy atom. The zero-order valence-corrected chi connectivity index (χ0v) is 11.7. The lowest BCUT2D eigenvalue weighted by atomic mass is 10.1. The lowest BCUT2D eigenvalue weighted by Crippen LogP contribution is -2.06. The third kappa shape index (κ3) is 2.26. The number of hydrogen-bond donors (Lipinski definition) is 0. The summed E-state index contributed by atoms with van der Waals surface area (Å²) >= 11 is 0. The summed E-state index contributed by atoms with van der Waals surface area (Å²) in [5.74, 6) is -0.325. The van der Waals surface area contributed by atoms with E-state index >= 15 is 0 Å². The number of aromatic nitrogens is 2. The van der Waals surface area contributed by atoms with E-state index in [1.54, 1.807) is 0 Å². The van der Waals surface area contributed by atoms with Gasteiger partial charge in [0.2, 0.25) is 0 Å². The van der Waals surface area contributed by atoms with Gasteiger partial charge in [0.15, 0.2) is 0 Å². The highest BCUT2D eigenvalue weighted by Gasteiger charge is 2.21. The Morgan fingerprint density at radius 2 is 2.00 bits per heavy atom. The van der Waals surface area contributed by atoms with Gasteiger partial charge in [0.1, 0.15) is 5.56 Å². The number of aryl methyl sites for hydroxylation is 2. The molecule has 0 amide bonds. The van der Waals surface area contributed by atoms with Crippen LogP contribution in [0.15, 0.2) is 24.3 Å². The van der Waals surface area contributed by atoms with E-state index < -0.39 is 0 Å². The van der Waals surface area contributed by atoms with Gasteiger partial charge in [-0.25, -0.2) is 9.48 Å². The molecule has 0 bridgehead atoms. The Morgan fingerprint density at radius 1 is 1.32 bits per heavy atom. The molecule has 0 aliphatic heterocycles. The summed E-state index contributed by atoms with van der Waals surface area (Å²) in [4.78, 5) is 11.9. The van der Waals surface area contributed by atoms with Crippen molar-refractivity contribution in [2.45, 2.75) is 27.2 Å². The van der Waals surface area contributed by atoms with Gasteiger partial charge in [-0.15, -0.1) is 0 Å². The fourth-order valence-electron chi connectivity index (χ4n) is 2.21. The quantitative estimate of drug-likeness (QED) is 0.795. The number of benzene rings is 1. The number of ether oxygens (including phenoxy) is 1. The number of carbonyl (C=O) groups is 1. The van der Waals surface area contributed by atoms with Crippen LogP contribution in [-0.2, 0) is 11.2 Å². The maximum atomic E-state index is 11.9. The minimum absolute atomic E-state index is 0.325. The van der Waals surface area contributed by atoms with E-state index in [2.05, 4.69) is 5.10 Å². The molecular weight excluding hydrogens is 240 g/mol. The highest BCUT2D eigenvalue weighted by Crippen LogP contribution is 2.21. The van der Waals surface area contributed by atoms with Crippen LogP contribution >= 0.6 is 0 Å². The highest BCUT2D eigenvalue weighted by atomic mass is 16.5. The van der Waals surface area contributed by atoms with Crippen molar-refractivity contribution in [3.8, 4) is 5.69 Å². The minimum Gasteiger partial charge on any atom is -0.465 e. The molecule has 0 aliphatic rings. The molecule has 0 spiro atoms. The van der Waals surface area contributed by atoms with Crippen molar-refractivity contribution in [3.63, 3.8) is 0 Å². The molecule has 2 aromatic rings. The predicted octanol–water partition coefficient (Wildman–Crippen LogP) is 2.84. The lowest BCUT2D eigenvalue weighted by Gasteiger charge is -2.07. The number of para-hydroxylation sites is 1. The van der Waals surface area contributed by atoms with Crippen LogP contribution in [0.3, 0.4) is 0 Å². The maximum absolute atomic E-state index is 11.9. The van der Waals surface area contributed by atoms with E-state index in [1.165, 1.54) is 7.11 Å². The molecule has 100 valence electrons. The first-order valence-corrected chi connectivity index (χ1v) is 6.33. The van der Waals surface area contributed by atoms with Crippen molar-refractivity contribution in [3.05, 3.63) is 46.8 Å². The normalized spacial score (nSPS) is 10.5. The van der Waals surface area contributed by atoms with Crippen molar-refractivity contribution < 1.29 is 9.53 Å². The van der Waals surface area contributed by atoms with E-state index in [1.807, 2.05) is 49.7 Å². The first kappa shape index (κ1) is 13.3. The Labute approximate surface area is 113 Å². The molecular formula is C15H18N2O2. The summed E-state index contributed by atoms with van der Waals surface area (Å²) in [6.07, 6.45) is 0.699. The van der Waals surface area contributed by atoms with Crippen molar-refractivity contribution in [1.29, 1.82) is 0 Å². The molecule has 0 radical (unpaired) electrons. The van der Waals surface area contributed by atoms with Gasteiger partial charge in [-0.2, -0.15) is 5.10 Å². The molecule has 0 saturated carbocycles. The molecule has 4 heteroatoms. The largest absolute Gasteiger partial charge is 0.465 e. The second-order valence-corrected chi connectivity index (χ2v) is 4.45. The van der Waals surface area contributed by atoms with Crippen LogP contribution in [0.25, 0.3) is 5.69 Å². The van der Waals surface area contributed by atoms with Crippen molar-refractivity contribution in [2.75, 3.05) is 7.11 Å². The first-order chi connectivity index (χ1) is 9.10. The Kier molecular flexibility index (Phi) is 3.69. The van der Waals surface area contributed by atoms with Gasteiger partial charge < -0.3 is 4.74 Å². The molecule has 0 unspecified atom stereocenters. The van der Waals surface area contributed by atoms with Gasteiger partial charge in [0.25, 0.3) is 0 Å². The highest BCUT2D eigenvalue weighted by molar-refractivity contribution is 5.92. The Balaban J connectivity index is 2.64. The van der Waals surface area contributed by atoms with Gasteiger partial charge in [-0.3, -0.25) is 0 Å². The molecule has 0 aliphatic carbocycles. The first-order valence-electron chi connectivity index (χ1n) is 6.33. The predicted molar refractivity (Wildman–Crippen MR) is 73.8 cm³/mol. The second kappa shape index (κ2) is 5.26. The molecule has 19 heavy (non-hydrogen) atoms. The van der Waals surface area contributed by atoms with Crippen LogP contribution in [0.1, 0.15) is 34.2 Å². The van der Waals surface area contributed by atoms with Gasteiger partial charge in [0.05, 0.1) is 24.2 Å². The fourth-order valence-corrected chi connectivity index (χ4v) is 2.21. The zero-order chi connectivity index (χ0) is 14.0. The number of methoxy groups -OCH3 is 1. The van der Waals surface area contributed by atoms with Crippen LogP contribution in [0, 0.1) is 13.8 Å². The SMILES string of the molecule is CCc1nn(-c2ccccc2C)c(C)c1C(=O)OC. The van der Waals surface area contributed by atoms with Crippen LogP contribution in [0.4, 0.5) is 0 Å². The second-order valence-electron chi connectivity index (χ2n) is 4.45. The van der Waals surface area contributed by atoms with E-state index in [9.17, 15) is 4.79 Å². The zero-order valence-electron chi connectivity index (χ0n) is 11.7. The van der Waals surface area contributed by atoms with Crippen LogP contribution < -0.4 is 0 Å². The molecule has 1 heterocycles. The maximum Gasteiger partial charge on any atom is 0.341 e. The van der Waals surface area contributed by atoms with Crippen LogP contribution in [0.5, 0.6) is 0 Å². The smallest absolute Gasteiger partial charge is 0.341 e. The molecule has 0 fully saturated rings. The fraction of sp³-hybridized carbons (Fsp3) is 0.333. The molecule has 1 aromatic heterocycles. The average Bonchev–Trinajstić information content (AvgIpc) is 2.75. The summed E-state index contributed by atoms with van der Waals surface area (Å²) in [6, 6.07) is 7.97. The van der Waals surface area contributed by atoms with E-state index in [4.69, 9.17) is 4.74 Å². The summed E-state index contributed by atoms with van der Waals surface area (Å²) in [5, 5.41) is 4.54. The van der Waals surface area contributed by atoms with Crippen LogP contribution in [-0.4, -0.2) is 22.9 Å². The Bertz CT molecular complexity index is 615. The summed E-state index contributed by atoms with van der Waals surface area (Å²) in [5.41, 5.74) is 4.27. The summed E-state index contributed by atoms with van der Waals surface area (Å²) in [6.45, 7) is 5.90. The van der Waals surface area contributed by atoms with Crippen molar-refractivity contribution in [1.82, 2.24) is 9.78 Å². The number of nitrogens with zero attached hydrogens (tertiary/aromatic N) is 2. The number of esters is 1. The molecule has 2 rings (SSSR count). The molecule has 0 atom stereocenters. The van der Waals surface area contributed by atoms with Gasteiger partial charge in [0, 0.05) is 0 Å². The van der Waals surface area contributed by atoms with E-state index in [0.29, 0.717) is 12.0 Å². The molecule has 0 saturated heterocycles. The summed E-state index contributed by atoms with van der Waals surface area (Å²) < 4.78 is 6.67. The minimum atomic E-state index is -0.325. The van der Waals surface area contributed by atoms with Gasteiger partial charge >= 0.3 is 5.97 Å². The van der Waals surface area contributed by atoms with E-state index in [-0.39, 0.29) is 5.97 Å². The number of rotatable bonds is 3. The van der Waals surface area contributed by atoms with Crippen LogP contribution in [0.2, 0.25) is 0 Å². The monoisotopic (exact) mass is 258 g/mol. The van der Waals surface area contributed by atoms with E-state index in [0.717, 1.165) is 22.6 Å². The number of hydrogen-bond acceptors (Lipinski definition) is 3. The van der Waals surface area contributed by atoms with Gasteiger partial charge in [-0.1, -0.05) is 25.1 Å². The third-order valence-corrected chi connectivity index (χ3v) is 3.26. The third-order valence-electron chi connectivity index (χ3n) is 3.26.